The summed E-state index contributed by atoms with van der Waals surface area (Å²) < 4.78 is 19.2. The van der Waals surface area contributed by atoms with Crippen molar-refractivity contribution in [2.45, 2.75) is 25.3 Å². The number of aromatic amines is 1. The van der Waals surface area contributed by atoms with Gasteiger partial charge in [-0.1, -0.05) is 12.1 Å². The third-order valence-corrected chi connectivity index (χ3v) is 4.84. The molecule has 2 N–H and O–H groups in total. The maximum Gasteiger partial charge on any atom is 0.254 e. The molecule has 0 saturated carbocycles. The van der Waals surface area contributed by atoms with Crippen LogP contribution < -0.4 is 10.1 Å². The molecule has 1 aromatic heterocycles. The number of carbonyl (C=O) groups is 1. The Morgan fingerprint density at radius 3 is 2.92 bits per heavy atom. The standard InChI is InChI=1S/C20H19FN2O2/c1-25-12-9-10-17-15(11-12)13-6-4-8-18(19(13)22-17)23-20(24)14-5-2-3-7-16(14)21/h2-3,5,7,9-11,18,22H,4,6,8H2,1H3,(H,23,24)/t18-/m1/s1. The van der Waals surface area contributed by atoms with E-state index in [1.165, 1.54) is 17.7 Å². The highest BCUT2D eigenvalue weighted by Gasteiger charge is 2.26. The van der Waals surface area contributed by atoms with Gasteiger partial charge in [0.1, 0.15) is 11.6 Å². The highest BCUT2D eigenvalue weighted by Crippen LogP contribution is 2.36. The molecule has 0 fully saturated rings. The minimum Gasteiger partial charge on any atom is -0.497 e. The summed E-state index contributed by atoms with van der Waals surface area (Å²) >= 11 is 0. The van der Waals surface area contributed by atoms with E-state index in [0.717, 1.165) is 41.6 Å². The summed E-state index contributed by atoms with van der Waals surface area (Å²) in [5, 5.41) is 4.10. The Bertz CT molecular complexity index is 948. The van der Waals surface area contributed by atoms with Gasteiger partial charge in [0.15, 0.2) is 0 Å². The quantitative estimate of drug-likeness (QED) is 0.755. The molecule has 0 radical (unpaired) electrons. The number of hydrogen-bond donors (Lipinski definition) is 2. The largest absolute Gasteiger partial charge is 0.497 e. The van der Waals surface area contributed by atoms with Crippen LogP contribution >= 0.6 is 0 Å². The molecule has 1 aliphatic rings. The fourth-order valence-corrected chi connectivity index (χ4v) is 3.59. The number of carbonyl (C=O) groups excluding carboxylic acids is 1. The van der Waals surface area contributed by atoms with Crippen molar-refractivity contribution in [1.29, 1.82) is 0 Å². The maximum absolute atomic E-state index is 13.9. The Kier molecular flexibility index (Phi) is 3.92. The van der Waals surface area contributed by atoms with Gasteiger partial charge in [0, 0.05) is 16.6 Å². The molecular formula is C20H19FN2O2. The van der Waals surface area contributed by atoms with Gasteiger partial charge in [-0.3, -0.25) is 4.79 Å². The van der Waals surface area contributed by atoms with E-state index in [2.05, 4.69) is 10.3 Å². The molecule has 5 heteroatoms. The number of aromatic nitrogens is 1. The number of aryl methyl sites for hydroxylation is 1. The Hall–Kier alpha value is -2.82. The second-order valence-electron chi connectivity index (χ2n) is 6.33. The lowest BCUT2D eigenvalue weighted by molar-refractivity contribution is 0.0928. The van der Waals surface area contributed by atoms with E-state index in [4.69, 9.17) is 4.74 Å². The van der Waals surface area contributed by atoms with Crippen LogP contribution in [0.15, 0.2) is 42.5 Å². The first kappa shape index (κ1) is 15.7. The van der Waals surface area contributed by atoms with Crippen molar-refractivity contribution in [1.82, 2.24) is 10.3 Å². The molecule has 3 aromatic rings. The summed E-state index contributed by atoms with van der Waals surface area (Å²) in [5.41, 5.74) is 3.32. The third-order valence-electron chi connectivity index (χ3n) is 4.84. The highest BCUT2D eigenvalue weighted by atomic mass is 19.1. The molecule has 0 spiro atoms. The van der Waals surface area contributed by atoms with E-state index in [1.807, 2.05) is 18.2 Å². The number of hydrogen-bond acceptors (Lipinski definition) is 2. The Balaban J connectivity index is 1.68. The van der Waals surface area contributed by atoms with Crippen LogP contribution in [0.5, 0.6) is 5.75 Å². The number of fused-ring (bicyclic) bond motifs is 3. The minimum atomic E-state index is -0.502. The van der Waals surface area contributed by atoms with E-state index in [1.54, 1.807) is 19.2 Å². The zero-order valence-corrected chi connectivity index (χ0v) is 13.9. The average Bonchev–Trinajstić information content (AvgIpc) is 3.01. The molecule has 4 nitrogen and oxygen atoms in total. The van der Waals surface area contributed by atoms with Crippen LogP contribution in [0.4, 0.5) is 4.39 Å². The van der Waals surface area contributed by atoms with Crippen LogP contribution in [0.2, 0.25) is 0 Å². The fraction of sp³-hybridized carbons (Fsp3) is 0.250. The lowest BCUT2D eigenvalue weighted by Crippen LogP contribution is -2.31. The summed E-state index contributed by atoms with van der Waals surface area (Å²) in [5.74, 6) is -0.0728. The van der Waals surface area contributed by atoms with Crippen molar-refractivity contribution in [2.24, 2.45) is 0 Å². The van der Waals surface area contributed by atoms with Gasteiger partial charge < -0.3 is 15.0 Å². The number of nitrogens with one attached hydrogen (secondary N) is 2. The van der Waals surface area contributed by atoms with E-state index in [0.29, 0.717) is 0 Å². The highest BCUT2D eigenvalue weighted by molar-refractivity contribution is 5.95. The number of benzene rings is 2. The molecule has 0 saturated heterocycles. The maximum atomic E-state index is 13.9. The minimum absolute atomic E-state index is 0.0763. The smallest absolute Gasteiger partial charge is 0.254 e. The number of rotatable bonds is 3. The van der Waals surface area contributed by atoms with Gasteiger partial charge in [-0.25, -0.2) is 4.39 Å². The lowest BCUT2D eigenvalue weighted by Gasteiger charge is -2.24. The molecule has 1 amide bonds. The lowest BCUT2D eigenvalue weighted by atomic mass is 9.91. The normalized spacial score (nSPS) is 16.5. The van der Waals surface area contributed by atoms with E-state index in [9.17, 15) is 9.18 Å². The van der Waals surface area contributed by atoms with Crippen molar-refractivity contribution < 1.29 is 13.9 Å². The molecule has 0 bridgehead atoms. The Morgan fingerprint density at radius 1 is 1.28 bits per heavy atom. The van der Waals surface area contributed by atoms with Gasteiger partial charge in [-0.15, -0.1) is 0 Å². The van der Waals surface area contributed by atoms with Crippen LogP contribution in [0.1, 0.15) is 40.5 Å². The SMILES string of the molecule is COc1ccc2[nH]c3c(c2c1)CCC[C@H]3NC(=O)c1ccccc1F. The van der Waals surface area contributed by atoms with E-state index >= 15 is 0 Å². The fourth-order valence-electron chi connectivity index (χ4n) is 3.59. The Morgan fingerprint density at radius 2 is 2.12 bits per heavy atom. The second-order valence-corrected chi connectivity index (χ2v) is 6.33. The first-order chi connectivity index (χ1) is 12.2. The van der Waals surface area contributed by atoms with Crippen molar-refractivity contribution in [3.05, 3.63) is 65.1 Å². The van der Waals surface area contributed by atoms with Crippen LogP contribution in [0.3, 0.4) is 0 Å². The van der Waals surface area contributed by atoms with Crippen molar-refractivity contribution in [2.75, 3.05) is 7.11 Å². The molecule has 2 aromatic carbocycles. The zero-order valence-electron chi connectivity index (χ0n) is 13.9. The Labute approximate surface area is 145 Å². The zero-order chi connectivity index (χ0) is 17.4. The first-order valence-corrected chi connectivity index (χ1v) is 8.41. The molecule has 1 atom stereocenters. The first-order valence-electron chi connectivity index (χ1n) is 8.41. The van der Waals surface area contributed by atoms with Gasteiger partial charge in [-0.05, 0) is 55.2 Å². The predicted octanol–water partition coefficient (Wildman–Crippen LogP) is 4.12. The number of H-pyrrole nitrogens is 1. The van der Waals surface area contributed by atoms with Crippen molar-refractivity contribution >= 4 is 16.8 Å². The monoisotopic (exact) mass is 338 g/mol. The molecule has 128 valence electrons. The summed E-state index contributed by atoms with van der Waals surface area (Å²) in [6.45, 7) is 0. The van der Waals surface area contributed by atoms with Crippen LogP contribution in [-0.4, -0.2) is 18.0 Å². The van der Waals surface area contributed by atoms with Gasteiger partial charge in [-0.2, -0.15) is 0 Å². The summed E-state index contributed by atoms with van der Waals surface area (Å²) in [4.78, 5) is 15.9. The molecular weight excluding hydrogens is 319 g/mol. The van der Waals surface area contributed by atoms with Crippen molar-refractivity contribution in [3.8, 4) is 5.75 Å². The number of ether oxygens (including phenoxy) is 1. The van der Waals surface area contributed by atoms with Crippen LogP contribution in [0, 0.1) is 5.82 Å². The number of halogens is 1. The van der Waals surface area contributed by atoms with Crippen LogP contribution in [-0.2, 0) is 6.42 Å². The van der Waals surface area contributed by atoms with Crippen molar-refractivity contribution in [3.63, 3.8) is 0 Å². The van der Waals surface area contributed by atoms with Gasteiger partial charge >= 0.3 is 0 Å². The number of methoxy groups -OCH3 is 1. The molecule has 0 aliphatic heterocycles. The molecule has 25 heavy (non-hydrogen) atoms. The molecule has 0 unspecified atom stereocenters. The summed E-state index contributed by atoms with van der Waals surface area (Å²) in [6, 6.07) is 11.8. The van der Waals surface area contributed by atoms with Crippen LogP contribution in [0.25, 0.3) is 10.9 Å². The molecule has 4 rings (SSSR count). The summed E-state index contributed by atoms with van der Waals surface area (Å²) in [6.07, 6.45) is 2.76. The molecule has 1 heterocycles. The predicted molar refractivity (Wildman–Crippen MR) is 94.4 cm³/mol. The van der Waals surface area contributed by atoms with Gasteiger partial charge in [0.05, 0.1) is 18.7 Å². The average molecular weight is 338 g/mol. The van der Waals surface area contributed by atoms with Gasteiger partial charge in [0.2, 0.25) is 0 Å². The molecule has 1 aliphatic carbocycles. The van der Waals surface area contributed by atoms with Gasteiger partial charge in [0.25, 0.3) is 5.91 Å². The van der Waals surface area contributed by atoms with E-state index < -0.39 is 5.82 Å². The number of amides is 1. The summed E-state index contributed by atoms with van der Waals surface area (Å²) in [7, 11) is 1.65. The third kappa shape index (κ3) is 2.76. The second kappa shape index (κ2) is 6.24. The van der Waals surface area contributed by atoms with E-state index in [-0.39, 0.29) is 17.5 Å². The topological polar surface area (TPSA) is 54.1 Å².